The lowest BCUT2D eigenvalue weighted by Gasteiger charge is -2.10. The highest BCUT2D eigenvalue weighted by Gasteiger charge is 2.12. The van der Waals surface area contributed by atoms with Crippen molar-refractivity contribution in [1.29, 1.82) is 0 Å². The number of hydrogen-bond donors (Lipinski definition) is 1. The molecule has 6 heteroatoms. The maximum Gasteiger partial charge on any atom is 0.214 e. The van der Waals surface area contributed by atoms with E-state index in [-0.39, 0.29) is 0 Å². The SMILES string of the molecule is CCNCC(C)Sc1nnnn1-c1ccccc1. The molecule has 18 heavy (non-hydrogen) atoms. The minimum atomic E-state index is 0.429. The summed E-state index contributed by atoms with van der Waals surface area (Å²) in [6, 6.07) is 9.93. The number of nitrogens with zero attached hydrogens (tertiary/aromatic N) is 4. The molecule has 1 unspecified atom stereocenters. The van der Waals surface area contributed by atoms with Crippen molar-refractivity contribution >= 4 is 11.8 Å². The first-order chi connectivity index (χ1) is 8.81. The normalized spacial score (nSPS) is 12.6. The van der Waals surface area contributed by atoms with Crippen molar-refractivity contribution in [1.82, 2.24) is 25.5 Å². The van der Waals surface area contributed by atoms with Gasteiger partial charge in [0.15, 0.2) is 0 Å². The number of aromatic nitrogens is 4. The molecule has 0 bridgehead atoms. The molecule has 0 aliphatic heterocycles. The number of rotatable bonds is 6. The van der Waals surface area contributed by atoms with Crippen LogP contribution in [0.1, 0.15) is 13.8 Å². The van der Waals surface area contributed by atoms with Crippen molar-refractivity contribution in [2.45, 2.75) is 24.3 Å². The van der Waals surface area contributed by atoms with Gasteiger partial charge in [0.2, 0.25) is 5.16 Å². The van der Waals surface area contributed by atoms with Crippen molar-refractivity contribution in [2.75, 3.05) is 13.1 Å². The summed E-state index contributed by atoms with van der Waals surface area (Å²) in [5.74, 6) is 0. The lowest BCUT2D eigenvalue weighted by Crippen LogP contribution is -2.22. The van der Waals surface area contributed by atoms with E-state index in [2.05, 4.69) is 34.7 Å². The second-order valence-corrected chi connectivity index (χ2v) is 5.35. The van der Waals surface area contributed by atoms with E-state index in [0.29, 0.717) is 5.25 Å². The summed E-state index contributed by atoms with van der Waals surface area (Å²) in [6.45, 7) is 6.19. The van der Waals surface area contributed by atoms with Gasteiger partial charge in [0.05, 0.1) is 5.69 Å². The fourth-order valence-corrected chi connectivity index (χ4v) is 2.44. The highest BCUT2D eigenvalue weighted by molar-refractivity contribution is 7.99. The van der Waals surface area contributed by atoms with Gasteiger partial charge in [0.1, 0.15) is 0 Å². The van der Waals surface area contributed by atoms with Gasteiger partial charge in [0.25, 0.3) is 0 Å². The molecule has 1 atom stereocenters. The smallest absolute Gasteiger partial charge is 0.214 e. The predicted molar refractivity (Wildman–Crippen MR) is 73.0 cm³/mol. The zero-order valence-electron chi connectivity index (χ0n) is 10.6. The molecule has 1 heterocycles. The van der Waals surface area contributed by atoms with Crippen LogP contribution in [-0.2, 0) is 0 Å². The minimum absolute atomic E-state index is 0.429. The molecule has 1 N–H and O–H groups in total. The van der Waals surface area contributed by atoms with E-state index in [0.717, 1.165) is 23.9 Å². The number of hydrogen-bond acceptors (Lipinski definition) is 5. The maximum atomic E-state index is 4.08. The first-order valence-corrected chi connectivity index (χ1v) is 6.90. The molecule has 0 amide bonds. The largest absolute Gasteiger partial charge is 0.316 e. The van der Waals surface area contributed by atoms with Crippen LogP contribution < -0.4 is 5.32 Å². The van der Waals surface area contributed by atoms with E-state index in [9.17, 15) is 0 Å². The monoisotopic (exact) mass is 263 g/mol. The van der Waals surface area contributed by atoms with Gasteiger partial charge in [-0.25, -0.2) is 0 Å². The van der Waals surface area contributed by atoms with Gasteiger partial charge in [-0.1, -0.05) is 43.8 Å². The Morgan fingerprint density at radius 3 is 2.83 bits per heavy atom. The zero-order chi connectivity index (χ0) is 12.8. The fourth-order valence-electron chi connectivity index (χ4n) is 1.55. The Bertz CT molecular complexity index is 470. The second kappa shape index (κ2) is 6.51. The molecule has 0 radical (unpaired) electrons. The number of thioether (sulfide) groups is 1. The van der Waals surface area contributed by atoms with Crippen LogP contribution >= 0.6 is 11.8 Å². The van der Waals surface area contributed by atoms with Crippen LogP contribution in [-0.4, -0.2) is 38.5 Å². The van der Waals surface area contributed by atoms with Crippen molar-refractivity contribution in [3.63, 3.8) is 0 Å². The Hall–Kier alpha value is -1.40. The van der Waals surface area contributed by atoms with Gasteiger partial charge in [-0.05, 0) is 29.1 Å². The number of tetrazole rings is 1. The van der Waals surface area contributed by atoms with E-state index in [1.165, 1.54) is 0 Å². The summed E-state index contributed by atoms with van der Waals surface area (Å²) in [5, 5.41) is 16.4. The lowest BCUT2D eigenvalue weighted by atomic mass is 10.3. The summed E-state index contributed by atoms with van der Waals surface area (Å²) in [6.07, 6.45) is 0. The average molecular weight is 263 g/mol. The Morgan fingerprint density at radius 1 is 1.33 bits per heavy atom. The van der Waals surface area contributed by atoms with Crippen LogP contribution in [0.15, 0.2) is 35.5 Å². The molecule has 0 spiro atoms. The predicted octanol–water partition coefficient (Wildman–Crippen LogP) is 1.75. The maximum absolute atomic E-state index is 4.08. The summed E-state index contributed by atoms with van der Waals surface area (Å²) in [4.78, 5) is 0. The molecule has 0 fully saturated rings. The molecule has 0 aliphatic rings. The van der Waals surface area contributed by atoms with Crippen LogP contribution in [0.3, 0.4) is 0 Å². The van der Waals surface area contributed by atoms with Crippen LogP contribution in [0, 0.1) is 0 Å². The highest BCUT2D eigenvalue weighted by Crippen LogP contribution is 2.21. The van der Waals surface area contributed by atoms with E-state index in [1.807, 2.05) is 30.3 Å². The van der Waals surface area contributed by atoms with E-state index < -0.39 is 0 Å². The van der Waals surface area contributed by atoms with Gasteiger partial charge in [-0.2, -0.15) is 4.68 Å². The third kappa shape index (κ3) is 3.30. The van der Waals surface area contributed by atoms with E-state index in [1.54, 1.807) is 16.4 Å². The molecule has 2 rings (SSSR count). The second-order valence-electron chi connectivity index (χ2n) is 3.94. The fraction of sp³-hybridized carbons (Fsp3) is 0.417. The molecule has 5 nitrogen and oxygen atoms in total. The molecule has 96 valence electrons. The molecule has 2 aromatic rings. The van der Waals surface area contributed by atoms with Crippen molar-refractivity contribution in [3.8, 4) is 5.69 Å². The van der Waals surface area contributed by atoms with Crippen LogP contribution in [0.5, 0.6) is 0 Å². The summed E-state index contributed by atoms with van der Waals surface area (Å²) in [5.41, 5.74) is 0.987. The summed E-state index contributed by atoms with van der Waals surface area (Å²) in [7, 11) is 0. The third-order valence-corrected chi connectivity index (χ3v) is 3.46. The zero-order valence-corrected chi connectivity index (χ0v) is 11.4. The van der Waals surface area contributed by atoms with Crippen LogP contribution in [0.2, 0.25) is 0 Å². The van der Waals surface area contributed by atoms with E-state index >= 15 is 0 Å². The third-order valence-electron chi connectivity index (χ3n) is 2.43. The average Bonchev–Trinajstić information content (AvgIpc) is 2.85. The van der Waals surface area contributed by atoms with Gasteiger partial charge in [0, 0.05) is 11.8 Å². The Kier molecular flexibility index (Phi) is 4.72. The summed E-state index contributed by atoms with van der Waals surface area (Å²) >= 11 is 1.68. The van der Waals surface area contributed by atoms with Crippen molar-refractivity contribution in [3.05, 3.63) is 30.3 Å². The molecule has 1 aromatic carbocycles. The topological polar surface area (TPSA) is 55.6 Å². The van der Waals surface area contributed by atoms with Gasteiger partial charge in [-0.3, -0.25) is 0 Å². The highest BCUT2D eigenvalue weighted by atomic mass is 32.2. The Labute approximate surface area is 111 Å². The van der Waals surface area contributed by atoms with Crippen LogP contribution in [0.25, 0.3) is 5.69 Å². The van der Waals surface area contributed by atoms with Gasteiger partial charge >= 0.3 is 0 Å². The molecular weight excluding hydrogens is 246 g/mol. The Morgan fingerprint density at radius 2 is 2.11 bits per heavy atom. The van der Waals surface area contributed by atoms with Crippen molar-refractivity contribution < 1.29 is 0 Å². The molecular formula is C12H17N5S. The minimum Gasteiger partial charge on any atom is -0.316 e. The Balaban J connectivity index is 2.09. The van der Waals surface area contributed by atoms with Gasteiger partial charge < -0.3 is 5.32 Å². The first kappa shape index (κ1) is 13.0. The van der Waals surface area contributed by atoms with Crippen LogP contribution in [0.4, 0.5) is 0 Å². The lowest BCUT2D eigenvalue weighted by molar-refractivity contribution is 0.707. The quantitative estimate of drug-likeness (QED) is 0.805. The molecule has 0 aliphatic carbocycles. The first-order valence-electron chi connectivity index (χ1n) is 6.02. The number of para-hydroxylation sites is 1. The van der Waals surface area contributed by atoms with E-state index in [4.69, 9.17) is 0 Å². The molecule has 1 aromatic heterocycles. The molecule has 0 saturated heterocycles. The number of nitrogens with one attached hydrogen (secondary N) is 1. The number of benzene rings is 1. The van der Waals surface area contributed by atoms with Gasteiger partial charge in [-0.15, -0.1) is 5.10 Å². The van der Waals surface area contributed by atoms with Crippen molar-refractivity contribution in [2.24, 2.45) is 0 Å². The molecule has 0 saturated carbocycles. The standard InChI is InChI=1S/C12H17N5S/c1-3-13-9-10(2)18-12-14-15-16-17(12)11-7-5-4-6-8-11/h4-8,10,13H,3,9H2,1-2H3. The summed E-state index contributed by atoms with van der Waals surface area (Å²) < 4.78 is 1.77.